The Labute approximate surface area is 197 Å². The number of halogens is 1. The van der Waals surface area contributed by atoms with Crippen LogP contribution in [0.3, 0.4) is 0 Å². The molecule has 1 saturated heterocycles. The molecule has 10 nitrogen and oxygen atoms in total. The fourth-order valence-corrected chi connectivity index (χ4v) is 3.91. The number of aryl methyl sites for hydroxylation is 1. The summed E-state index contributed by atoms with van der Waals surface area (Å²) in [4.78, 5) is 32.2. The summed E-state index contributed by atoms with van der Waals surface area (Å²) >= 11 is 0. The second kappa shape index (κ2) is 10.4. The third kappa shape index (κ3) is 5.65. The molecule has 33 heavy (non-hydrogen) atoms. The molecule has 0 atom stereocenters. The van der Waals surface area contributed by atoms with Crippen LogP contribution in [0.5, 0.6) is 0 Å². The lowest BCUT2D eigenvalue weighted by atomic mass is 9.98. The third-order valence-corrected chi connectivity index (χ3v) is 5.52. The monoisotopic (exact) mass is 470 g/mol. The molecule has 0 spiro atoms. The average Bonchev–Trinajstić information content (AvgIpc) is 3.23. The molecule has 0 aliphatic carbocycles. The second-order valence-electron chi connectivity index (χ2n) is 7.92. The molecule has 11 heteroatoms. The van der Waals surface area contributed by atoms with Crippen molar-refractivity contribution < 1.29 is 9.59 Å². The minimum Gasteiger partial charge on any atom is -0.369 e. The van der Waals surface area contributed by atoms with Crippen molar-refractivity contribution in [2.24, 2.45) is 11.5 Å². The zero-order valence-electron chi connectivity index (χ0n) is 18.2. The molecule has 174 valence electrons. The summed E-state index contributed by atoms with van der Waals surface area (Å²) in [6.45, 7) is 3.87. The van der Waals surface area contributed by atoms with Crippen LogP contribution < -0.4 is 22.1 Å². The number of rotatable bonds is 7. The number of hydrogen-bond donors (Lipinski definition) is 4. The molecule has 1 aliphatic heterocycles. The molecule has 2 aromatic heterocycles. The Morgan fingerprint density at radius 3 is 2.67 bits per heavy atom. The van der Waals surface area contributed by atoms with Crippen LogP contribution in [0, 0.1) is 6.92 Å². The number of benzene rings is 1. The van der Waals surface area contributed by atoms with Crippen molar-refractivity contribution in [3.63, 3.8) is 0 Å². The molecule has 2 amide bonds. The molecule has 1 fully saturated rings. The second-order valence-corrected chi connectivity index (χ2v) is 7.92. The van der Waals surface area contributed by atoms with E-state index < -0.39 is 11.8 Å². The van der Waals surface area contributed by atoms with Crippen LogP contribution in [0.25, 0.3) is 11.3 Å². The van der Waals surface area contributed by atoms with E-state index in [0.29, 0.717) is 23.2 Å². The summed E-state index contributed by atoms with van der Waals surface area (Å²) in [5.41, 5.74) is 14.6. The highest BCUT2D eigenvalue weighted by Gasteiger charge is 2.17. The first kappa shape index (κ1) is 24.1. The Morgan fingerprint density at radius 1 is 1.21 bits per heavy atom. The highest BCUT2D eigenvalue weighted by atomic mass is 35.5. The maximum absolute atomic E-state index is 11.7. The van der Waals surface area contributed by atoms with Crippen LogP contribution in [-0.4, -0.2) is 44.7 Å². The largest absolute Gasteiger partial charge is 0.369 e. The van der Waals surface area contributed by atoms with Gasteiger partial charge in [0, 0.05) is 23.5 Å². The van der Waals surface area contributed by atoms with E-state index in [9.17, 15) is 9.59 Å². The number of carbonyl (C=O) groups is 2. The summed E-state index contributed by atoms with van der Waals surface area (Å²) in [7, 11) is 0. The van der Waals surface area contributed by atoms with Crippen molar-refractivity contribution >= 4 is 35.9 Å². The molecule has 0 saturated carbocycles. The number of anilines is 2. The predicted molar refractivity (Wildman–Crippen MR) is 128 cm³/mol. The smallest absolute Gasteiger partial charge is 0.248 e. The number of aromatic nitrogens is 4. The highest BCUT2D eigenvalue weighted by molar-refractivity contribution is 5.96. The molecular formula is C22H27ClN8O2. The number of hydrogen-bond acceptors (Lipinski definition) is 7. The number of amides is 2. The van der Waals surface area contributed by atoms with Crippen molar-refractivity contribution in [3.8, 4) is 11.3 Å². The average molecular weight is 471 g/mol. The maximum Gasteiger partial charge on any atom is 0.248 e. The number of nitrogens with one attached hydrogen (secondary N) is 2. The lowest BCUT2D eigenvalue weighted by Crippen LogP contribution is -2.29. The number of primary amides is 2. The molecule has 1 aromatic carbocycles. The Hall–Kier alpha value is -3.50. The highest BCUT2D eigenvalue weighted by Crippen LogP contribution is 2.26. The standard InChI is InChI=1S/C22H26N8O2.ClH/c1-13-10-26-22(28-16-11-27-30(12-16)17-4-6-25-7-5-17)29-20(13)14-2-3-18(21(24)32)15(8-14)9-19(23)31;/h2-3,8,10-12,17,25H,4-7,9H2,1H3,(H2,23,31)(H2,24,32)(H,26,28,29);1H. The number of nitrogens with zero attached hydrogens (tertiary/aromatic N) is 4. The summed E-state index contributed by atoms with van der Waals surface area (Å²) in [5, 5.41) is 11.0. The fourth-order valence-electron chi connectivity index (χ4n) is 3.91. The van der Waals surface area contributed by atoms with Gasteiger partial charge >= 0.3 is 0 Å². The van der Waals surface area contributed by atoms with Gasteiger partial charge in [0.1, 0.15) is 0 Å². The lowest BCUT2D eigenvalue weighted by Gasteiger charge is -2.22. The topological polar surface area (TPSA) is 154 Å². The van der Waals surface area contributed by atoms with E-state index in [-0.39, 0.29) is 24.4 Å². The summed E-state index contributed by atoms with van der Waals surface area (Å²) in [6.07, 6.45) is 7.44. The van der Waals surface area contributed by atoms with Gasteiger partial charge in [-0.2, -0.15) is 5.10 Å². The molecular weight excluding hydrogens is 444 g/mol. The molecule has 0 unspecified atom stereocenters. The van der Waals surface area contributed by atoms with Gasteiger partial charge in [-0.25, -0.2) is 9.97 Å². The minimum absolute atomic E-state index is 0. The molecule has 4 rings (SSSR count). The molecule has 1 aliphatic rings. The summed E-state index contributed by atoms with van der Waals surface area (Å²) < 4.78 is 1.98. The van der Waals surface area contributed by atoms with Crippen LogP contribution in [0.1, 0.15) is 40.4 Å². The van der Waals surface area contributed by atoms with E-state index in [4.69, 9.17) is 11.5 Å². The van der Waals surface area contributed by atoms with Crippen LogP contribution in [0.15, 0.2) is 36.8 Å². The van der Waals surface area contributed by atoms with Gasteiger partial charge in [0.2, 0.25) is 17.8 Å². The van der Waals surface area contributed by atoms with Crippen molar-refractivity contribution in [1.29, 1.82) is 0 Å². The van der Waals surface area contributed by atoms with Gasteiger partial charge in [-0.3, -0.25) is 14.3 Å². The van der Waals surface area contributed by atoms with Crippen molar-refractivity contribution in [2.45, 2.75) is 32.2 Å². The van der Waals surface area contributed by atoms with Crippen molar-refractivity contribution in [1.82, 2.24) is 25.1 Å². The van der Waals surface area contributed by atoms with Crippen LogP contribution in [0.2, 0.25) is 0 Å². The first-order valence-electron chi connectivity index (χ1n) is 10.5. The normalized spacial score (nSPS) is 13.8. The van der Waals surface area contributed by atoms with E-state index in [1.807, 2.05) is 17.8 Å². The number of carbonyl (C=O) groups excluding carboxylic acids is 2. The van der Waals surface area contributed by atoms with Crippen LogP contribution in [0.4, 0.5) is 11.6 Å². The zero-order valence-corrected chi connectivity index (χ0v) is 19.1. The van der Waals surface area contributed by atoms with Gasteiger partial charge in [-0.15, -0.1) is 12.4 Å². The Kier molecular flexibility index (Phi) is 7.62. The van der Waals surface area contributed by atoms with Gasteiger partial charge in [0.25, 0.3) is 0 Å². The van der Waals surface area contributed by atoms with Crippen LogP contribution >= 0.6 is 12.4 Å². The van der Waals surface area contributed by atoms with E-state index in [2.05, 4.69) is 25.7 Å². The lowest BCUT2D eigenvalue weighted by molar-refractivity contribution is -0.117. The third-order valence-electron chi connectivity index (χ3n) is 5.52. The minimum atomic E-state index is -0.611. The van der Waals surface area contributed by atoms with Crippen molar-refractivity contribution in [2.75, 3.05) is 18.4 Å². The van der Waals surface area contributed by atoms with Gasteiger partial charge in [-0.1, -0.05) is 6.07 Å². The molecule has 6 N–H and O–H groups in total. The van der Waals surface area contributed by atoms with Crippen molar-refractivity contribution in [3.05, 3.63) is 53.5 Å². The number of nitrogens with two attached hydrogens (primary N) is 2. The SMILES string of the molecule is Cc1cnc(Nc2cnn(C3CCNCC3)c2)nc1-c1ccc(C(N)=O)c(CC(N)=O)c1.Cl. The van der Waals surface area contributed by atoms with E-state index in [1.165, 1.54) is 0 Å². The molecule has 3 aromatic rings. The van der Waals surface area contributed by atoms with Crippen LogP contribution in [-0.2, 0) is 11.2 Å². The predicted octanol–water partition coefficient (Wildman–Crippen LogP) is 1.87. The van der Waals surface area contributed by atoms with Gasteiger partial charge in [-0.05, 0) is 56.1 Å². The fraction of sp³-hybridized carbons (Fsp3) is 0.318. The summed E-state index contributed by atoms with van der Waals surface area (Å²) in [5.74, 6) is -0.733. The van der Waals surface area contributed by atoms with E-state index in [0.717, 1.165) is 42.7 Å². The Bertz CT molecular complexity index is 1160. The van der Waals surface area contributed by atoms with Gasteiger partial charge < -0.3 is 22.1 Å². The van der Waals surface area contributed by atoms with E-state index >= 15 is 0 Å². The first-order chi connectivity index (χ1) is 15.4. The quantitative estimate of drug-likeness (QED) is 0.411. The molecule has 0 radical (unpaired) electrons. The maximum atomic E-state index is 11.7. The zero-order chi connectivity index (χ0) is 22.7. The molecule has 0 bridgehead atoms. The first-order valence-corrected chi connectivity index (χ1v) is 10.5. The molecule has 3 heterocycles. The van der Waals surface area contributed by atoms with Gasteiger partial charge in [0.05, 0.1) is 30.0 Å². The number of piperidine rings is 1. The Morgan fingerprint density at radius 2 is 1.97 bits per heavy atom. The summed E-state index contributed by atoms with van der Waals surface area (Å²) in [6, 6.07) is 5.44. The van der Waals surface area contributed by atoms with Gasteiger partial charge in [0.15, 0.2) is 0 Å². The Balaban J connectivity index is 0.00000306. The van der Waals surface area contributed by atoms with E-state index in [1.54, 1.807) is 30.6 Å².